The van der Waals surface area contributed by atoms with Gasteiger partial charge in [0, 0.05) is 18.3 Å². The van der Waals surface area contributed by atoms with Crippen LogP contribution >= 0.6 is 0 Å². The topological polar surface area (TPSA) is 119 Å². The number of aliphatic hydroxyl groups is 1. The average Bonchev–Trinajstić information content (AvgIpc) is 3.14. The molecule has 9 nitrogen and oxygen atoms in total. The number of aliphatic hydroxyl groups excluding tert-OH is 1. The van der Waals surface area contributed by atoms with Gasteiger partial charge in [-0.2, -0.15) is 0 Å². The quantitative estimate of drug-likeness (QED) is 0.566. The number of fused-ring (bicyclic) bond motifs is 1. The van der Waals surface area contributed by atoms with Crippen molar-refractivity contribution in [2.45, 2.75) is 13.0 Å². The van der Waals surface area contributed by atoms with E-state index in [0.29, 0.717) is 45.2 Å². The molecule has 0 aliphatic rings. The molecular weight excluding hydrogens is 364 g/mol. The molecule has 148 valence electrons. The maximum atomic E-state index is 12.4. The highest BCUT2D eigenvalue weighted by atomic mass is 16.5. The lowest BCUT2D eigenvalue weighted by Crippen LogP contribution is -2.30. The van der Waals surface area contributed by atoms with Crippen molar-refractivity contribution in [3.05, 3.63) is 30.1 Å². The molecule has 0 aliphatic heterocycles. The summed E-state index contributed by atoms with van der Waals surface area (Å²) in [6, 6.07) is 3.52. The molecule has 0 aliphatic carbocycles. The smallest absolute Gasteiger partial charge is 0.255 e. The van der Waals surface area contributed by atoms with Crippen molar-refractivity contribution >= 4 is 17.1 Å². The van der Waals surface area contributed by atoms with E-state index in [4.69, 9.17) is 14.2 Å². The molecule has 3 N–H and O–H groups in total. The highest BCUT2D eigenvalue weighted by Crippen LogP contribution is 2.40. The van der Waals surface area contributed by atoms with Crippen LogP contribution in [0.2, 0.25) is 0 Å². The molecule has 1 unspecified atom stereocenters. The van der Waals surface area contributed by atoms with Gasteiger partial charge in [-0.05, 0) is 19.1 Å². The normalized spacial score (nSPS) is 11.9. The second-order valence-corrected chi connectivity index (χ2v) is 6.13. The first-order chi connectivity index (χ1) is 13.5. The van der Waals surface area contributed by atoms with Crippen LogP contribution in [-0.2, 0) is 0 Å². The van der Waals surface area contributed by atoms with Crippen molar-refractivity contribution < 1.29 is 24.1 Å². The molecule has 0 radical (unpaired) electrons. The van der Waals surface area contributed by atoms with E-state index in [1.54, 1.807) is 31.5 Å². The molecule has 1 atom stereocenters. The average molecular weight is 386 g/mol. The van der Waals surface area contributed by atoms with Gasteiger partial charge in [0.15, 0.2) is 17.1 Å². The minimum atomic E-state index is -0.643. The minimum Gasteiger partial charge on any atom is -0.493 e. The van der Waals surface area contributed by atoms with E-state index < -0.39 is 6.10 Å². The number of methoxy groups -OCH3 is 3. The maximum absolute atomic E-state index is 12.4. The number of nitrogens with zero attached hydrogens (tertiary/aromatic N) is 2. The van der Waals surface area contributed by atoms with E-state index >= 15 is 0 Å². The Bertz CT molecular complexity index is 974. The minimum absolute atomic E-state index is 0.144. The Morgan fingerprint density at radius 1 is 1.21 bits per heavy atom. The summed E-state index contributed by atoms with van der Waals surface area (Å²) in [4.78, 5) is 24.3. The number of aromatic nitrogens is 3. The van der Waals surface area contributed by atoms with Gasteiger partial charge in [-0.25, -0.2) is 9.97 Å². The van der Waals surface area contributed by atoms with Crippen molar-refractivity contribution in [2.24, 2.45) is 0 Å². The summed E-state index contributed by atoms with van der Waals surface area (Å²) in [6.07, 6.45) is 2.49. The number of hydrogen-bond acceptors (Lipinski definition) is 7. The van der Waals surface area contributed by atoms with Gasteiger partial charge in [0.2, 0.25) is 5.75 Å². The van der Waals surface area contributed by atoms with Gasteiger partial charge >= 0.3 is 0 Å². The molecule has 0 bridgehead atoms. The summed E-state index contributed by atoms with van der Waals surface area (Å²) in [5, 5.41) is 12.0. The number of rotatable bonds is 7. The first kappa shape index (κ1) is 19.4. The number of aromatic amines is 1. The van der Waals surface area contributed by atoms with Gasteiger partial charge < -0.3 is 29.6 Å². The van der Waals surface area contributed by atoms with Crippen molar-refractivity contribution in [1.29, 1.82) is 0 Å². The third-order valence-corrected chi connectivity index (χ3v) is 4.14. The van der Waals surface area contributed by atoms with Gasteiger partial charge in [0.25, 0.3) is 5.91 Å². The Morgan fingerprint density at radius 2 is 1.89 bits per heavy atom. The van der Waals surface area contributed by atoms with Gasteiger partial charge in [0.1, 0.15) is 5.52 Å². The summed E-state index contributed by atoms with van der Waals surface area (Å²) in [6.45, 7) is 1.74. The zero-order chi connectivity index (χ0) is 20.3. The summed E-state index contributed by atoms with van der Waals surface area (Å²) in [5.41, 5.74) is 2.49. The van der Waals surface area contributed by atoms with E-state index in [9.17, 15) is 9.90 Å². The van der Waals surface area contributed by atoms with Crippen LogP contribution in [0.25, 0.3) is 22.4 Å². The van der Waals surface area contributed by atoms with E-state index in [1.807, 2.05) is 0 Å². The number of benzene rings is 1. The number of carbonyl (C=O) groups is 1. The van der Waals surface area contributed by atoms with Crippen LogP contribution in [0.15, 0.2) is 24.5 Å². The number of amides is 1. The molecule has 0 spiro atoms. The molecule has 28 heavy (non-hydrogen) atoms. The molecule has 3 aromatic rings. The number of hydrogen-bond donors (Lipinski definition) is 3. The Kier molecular flexibility index (Phi) is 5.65. The molecule has 9 heteroatoms. The van der Waals surface area contributed by atoms with E-state index in [2.05, 4.69) is 20.3 Å². The second-order valence-electron chi connectivity index (χ2n) is 6.13. The molecule has 0 fully saturated rings. The van der Waals surface area contributed by atoms with E-state index in [-0.39, 0.29) is 12.5 Å². The maximum Gasteiger partial charge on any atom is 0.255 e. The van der Waals surface area contributed by atoms with Gasteiger partial charge in [-0.1, -0.05) is 0 Å². The second kappa shape index (κ2) is 8.13. The van der Waals surface area contributed by atoms with E-state index in [1.165, 1.54) is 21.3 Å². The summed E-state index contributed by atoms with van der Waals surface area (Å²) < 4.78 is 16.1. The molecule has 2 heterocycles. The molecule has 1 amide bonds. The van der Waals surface area contributed by atoms with Crippen molar-refractivity contribution in [2.75, 3.05) is 27.9 Å². The third kappa shape index (κ3) is 3.70. The van der Waals surface area contributed by atoms with Crippen LogP contribution < -0.4 is 19.5 Å². The zero-order valence-electron chi connectivity index (χ0n) is 16.1. The lowest BCUT2D eigenvalue weighted by molar-refractivity contribution is 0.0925. The van der Waals surface area contributed by atoms with Crippen molar-refractivity contribution in [3.8, 4) is 28.5 Å². The van der Waals surface area contributed by atoms with Crippen LogP contribution in [0.3, 0.4) is 0 Å². The van der Waals surface area contributed by atoms with Gasteiger partial charge in [-0.3, -0.25) is 4.79 Å². The standard InChI is InChI=1S/C19H22N4O5/c1-10(24)7-22-19(25)12-8-20-18-16(12)23-13(9-21-18)11-5-14(26-2)17(28-4)15(6-11)27-3/h5-6,8-10,24H,7H2,1-4H3,(H,20,21)(H,22,25). The van der Waals surface area contributed by atoms with Crippen LogP contribution in [-0.4, -0.2) is 59.9 Å². The molecule has 3 rings (SSSR count). The number of carbonyl (C=O) groups excluding carboxylic acids is 1. The fraction of sp³-hybridized carbons (Fsp3) is 0.316. The molecular formula is C19H22N4O5. The number of ether oxygens (including phenoxy) is 3. The molecule has 1 aromatic carbocycles. The predicted octanol–water partition coefficient (Wildman–Crippen LogP) is 1.76. The fourth-order valence-electron chi connectivity index (χ4n) is 2.77. The lowest BCUT2D eigenvalue weighted by Gasteiger charge is -2.14. The highest BCUT2D eigenvalue weighted by Gasteiger charge is 2.18. The number of H-pyrrole nitrogens is 1. The Morgan fingerprint density at radius 3 is 2.46 bits per heavy atom. The van der Waals surface area contributed by atoms with Crippen LogP contribution in [0.5, 0.6) is 17.2 Å². The molecule has 0 saturated heterocycles. The summed E-state index contributed by atoms with van der Waals surface area (Å²) in [7, 11) is 4.60. The summed E-state index contributed by atoms with van der Waals surface area (Å²) in [5.74, 6) is 1.11. The predicted molar refractivity (Wildman–Crippen MR) is 103 cm³/mol. The van der Waals surface area contributed by atoms with Gasteiger partial charge in [-0.15, -0.1) is 0 Å². The lowest BCUT2D eigenvalue weighted by atomic mass is 10.1. The Labute approximate surface area is 161 Å². The monoisotopic (exact) mass is 386 g/mol. The van der Waals surface area contributed by atoms with Gasteiger partial charge in [0.05, 0.1) is 44.9 Å². The third-order valence-electron chi connectivity index (χ3n) is 4.14. The van der Waals surface area contributed by atoms with Crippen LogP contribution in [0.1, 0.15) is 17.3 Å². The van der Waals surface area contributed by atoms with Crippen molar-refractivity contribution in [3.63, 3.8) is 0 Å². The molecule has 2 aromatic heterocycles. The van der Waals surface area contributed by atoms with Crippen LogP contribution in [0.4, 0.5) is 0 Å². The SMILES string of the molecule is COc1cc(-c2cnc3[nH]cc(C(=O)NCC(C)O)c3n2)cc(OC)c1OC. The first-order valence-electron chi connectivity index (χ1n) is 8.59. The largest absolute Gasteiger partial charge is 0.493 e. The highest BCUT2D eigenvalue weighted by molar-refractivity contribution is 6.04. The zero-order valence-corrected chi connectivity index (χ0v) is 16.1. The fourth-order valence-corrected chi connectivity index (χ4v) is 2.77. The summed E-state index contributed by atoms with van der Waals surface area (Å²) >= 11 is 0. The molecule has 0 saturated carbocycles. The first-order valence-corrected chi connectivity index (χ1v) is 8.59. The Balaban J connectivity index is 2.05. The Hall–Kier alpha value is -3.33. The van der Waals surface area contributed by atoms with Crippen molar-refractivity contribution in [1.82, 2.24) is 20.3 Å². The van der Waals surface area contributed by atoms with E-state index in [0.717, 1.165) is 0 Å². The van der Waals surface area contributed by atoms with Crippen LogP contribution in [0, 0.1) is 0 Å². The number of nitrogens with one attached hydrogen (secondary N) is 2.